The number of benzene rings is 3. The molecule has 0 spiro atoms. The number of hydrogen-bond acceptors (Lipinski definition) is 9. The van der Waals surface area contributed by atoms with Gasteiger partial charge in [0.05, 0.1) is 28.5 Å². The molecule has 2 amide bonds. The van der Waals surface area contributed by atoms with Crippen molar-refractivity contribution in [1.29, 1.82) is 0 Å². The summed E-state index contributed by atoms with van der Waals surface area (Å²) in [5.74, 6) is 0.0727. The second kappa shape index (κ2) is 13.3. The van der Waals surface area contributed by atoms with E-state index in [0.29, 0.717) is 5.69 Å². The Balaban J connectivity index is 1.62. The summed E-state index contributed by atoms with van der Waals surface area (Å²) >= 11 is 3.37. The number of rotatable bonds is 8. The molecule has 0 aliphatic carbocycles. The molecule has 0 radical (unpaired) electrons. The Kier molecular flexibility index (Phi) is 9.96. The maximum atomic E-state index is 13.5. The molecule has 1 aliphatic rings. The minimum absolute atomic E-state index is 0.0152. The van der Waals surface area contributed by atoms with Crippen LogP contribution in [0, 0.1) is 17.0 Å². The Hall–Kier alpha value is -4.01. The van der Waals surface area contributed by atoms with Crippen molar-refractivity contribution in [3.63, 3.8) is 0 Å². The van der Waals surface area contributed by atoms with Crippen LogP contribution in [-0.4, -0.2) is 61.3 Å². The van der Waals surface area contributed by atoms with Crippen LogP contribution in [-0.2, 0) is 19.0 Å². The Morgan fingerprint density at radius 2 is 1.64 bits per heavy atom. The van der Waals surface area contributed by atoms with Gasteiger partial charge in [0, 0.05) is 28.8 Å². The summed E-state index contributed by atoms with van der Waals surface area (Å²) in [5, 5.41) is 11.0. The predicted octanol–water partition coefficient (Wildman–Crippen LogP) is 6.45. The first-order valence-corrected chi connectivity index (χ1v) is 15.8. The van der Waals surface area contributed by atoms with Crippen molar-refractivity contribution in [2.45, 2.75) is 56.8 Å². The van der Waals surface area contributed by atoms with E-state index < -0.39 is 45.0 Å². The van der Waals surface area contributed by atoms with Crippen LogP contribution in [0.1, 0.15) is 32.8 Å². The summed E-state index contributed by atoms with van der Waals surface area (Å²) in [6.45, 7) is 6.76. The van der Waals surface area contributed by atoms with Gasteiger partial charge in [0.15, 0.2) is 0 Å². The van der Waals surface area contributed by atoms with E-state index in [4.69, 9.17) is 13.7 Å². The van der Waals surface area contributed by atoms with E-state index >= 15 is 0 Å². The standard InChI is InChI=1S/C30H32BrN3O9S/c1-20-5-15-27(16-6-20)44(39,40)43-26-17-24(33(19-26)29(36)42-30(2,3)4)18-32(22-9-7-21(31)8-10-22)28(35)41-25-13-11-23(12-14-25)34(37)38/h5-16,24,26H,17-19H2,1-4H3/t24-,26-/m1/s1. The minimum Gasteiger partial charge on any atom is -0.444 e. The van der Waals surface area contributed by atoms with Crippen LogP contribution in [0.4, 0.5) is 21.0 Å². The third kappa shape index (κ3) is 8.55. The van der Waals surface area contributed by atoms with Gasteiger partial charge in [-0.3, -0.25) is 19.2 Å². The topological polar surface area (TPSA) is 146 Å². The van der Waals surface area contributed by atoms with E-state index in [0.717, 1.165) is 10.0 Å². The number of carbonyl (C=O) groups excluding carboxylic acids is 2. The fourth-order valence-electron chi connectivity index (χ4n) is 4.51. The van der Waals surface area contributed by atoms with Gasteiger partial charge in [-0.05, 0) is 82.6 Å². The lowest BCUT2D eigenvalue weighted by molar-refractivity contribution is -0.384. The third-order valence-electron chi connectivity index (χ3n) is 6.58. The number of amides is 2. The van der Waals surface area contributed by atoms with Crippen molar-refractivity contribution in [2.75, 3.05) is 18.0 Å². The summed E-state index contributed by atoms with van der Waals surface area (Å²) in [6, 6.07) is 17.3. The highest BCUT2D eigenvalue weighted by Gasteiger charge is 2.42. The lowest BCUT2D eigenvalue weighted by atomic mass is 10.1. The molecule has 1 heterocycles. The number of non-ortho nitro benzene ring substituents is 1. The number of nitro benzene ring substituents is 1. The van der Waals surface area contributed by atoms with E-state index in [2.05, 4.69) is 15.9 Å². The van der Waals surface area contributed by atoms with Crippen molar-refractivity contribution in [1.82, 2.24) is 4.90 Å². The lowest BCUT2D eigenvalue weighted by Crippen LogP contribution is -2.47. The quantitative estimate of drug-likeness (QED) is 0.148. The van der Waals surface area contributed by atoms with Gasteiger partial charge in [0.2, 0.25) is 0 Å². The van der Waals surface area contributed by atoms with Crippen LogP contribution < -0.4 is 9.64 Å². The van der Waals surface area contributed by atoms with Crippen molar-refractivity contribution in [3.05, 3.63) is 92.9 Å². The minimum atomic E-state index is -4.16. The number of ether oxygens (including phenoxy) is 2. The smallest absolute Gasteiger partial charge is 0.419 e. The molecule has 14 heteroatoms. The average Bonchev–Trinajstić information content (AvgIpc) is 3.33. The van der Waals surface area contributed by atoms with Crippen LogP contribution >= 0.6 is 15.9 Å². The predicted molar refractivity (Wildman–Crippen MR) is 165 cm³/mol. The number of nitrogens with zero attached hydrogens (tertiary/aromatic N) is 3. The molecular formula is C30H32BrN3O9S. The zero-order valence-electron chi connectivity index (χ0n) is 24.5. The van der Waals surface area contributed by atoms with Crippen molar-refractivity contribution in [3.8, 4) is 5.75 Å². The number of nitro groups is 1. The number of likely N-dealkylation sites (tertiary alicyclic amines) is 1. The fraction of sp³-hybridized carbons (Fsp3) is 0.333. The Morgan fingerprint density at radius 3 is 2.20 bits per heavy atom. The summed E-state index contributed by atoms with van der Waals surface area (Å²) in [5.41, 5.74) is 0.310. The Bertz CT molecular complexity index is 1610. The number of anilines is 1. The lowest BCUT2D eigenvalue weighted by Gasteiger charge is -2.31. The molecule has 234 valence electrons. The van der Waals surface area contributed by atoms with Gasteiger partial charge in [-0.15, -0.1) is 0 Å². The van der Waals surface area contributed by atoms with Gasteiger partial charge in [-0.1, -0.05) is 33.6 Å². The van der Waals surface area contributed by atoms with Gasteiger partial charge >= 0.3 is 12.2 Å². The molecule has 4 rings (SSSR count). The fourth-order valence-corrected chi connectivity index (χ4v) is 5.85. The Labute approximate surface area is 263 Å². The van der Waals surface area contributed by atoms with Crippen molar-refractivity contribution < 1.29 is 36.6 Å². The monoisotopic (exact) mass is 689 g/mol. The largest absolute Gasteiger partial charge is 0.444 e. The highest BCUT2D eigenvalue weighted by atomic mass is 79.9. The van der Waals surface area contributed by atoms with E-state index in [9.17, 15) is 28.1 Å². The molecule has 0 N–H and O–H groups in total. The summed E-state index contributed by atoms with van der Waals surface area (Å²) in [6.07, 6.45) is -2.36. The highest BCUT2D eigenvalue weighted by Crippen LogP contribution is 2.30. The first kappa shape index (κ1) is 32.9. The first-order valence-electron chi connectivity index (χ1n) is 13.6. The molecule has 3 aromatic carbocycles. The van der Waals surface area contributed by atoms with Crippen molar-refractivity contribution >= 4 is 49.6 Å². The third-order valence-corrected chi connectivity index (χ3v) is 8.48. The SMILES string of the molecule is Cc1ccc(S(=O)(=O)O[C@@H]2C[C@H](CN(C(=O)Oc3ccc([N+](=O)[O-])cc3)c3ccc(Br)cc3)N(C(=O)OC(C)(C)C)C2)cc1. The molecule has 0 saturated carbocycles. The Morgan fingerprint density at radius 1 is 1.02 bits per heavy atom. The van der Waals surface area contributed by atoms with Gasteiger partial charge in [0.25, 0.3) is 15.8 Å². The van der Waals surface area contributed by atoms with E-state index in [1.807, 2.05) is 6.92 Å². The maximum absolute atomic E-state index is 13.5. The summed E-state index contributed by atoms with van der Waals surface area (Å²) < 4.78 is 43.6. The van der Waals surface area contributed by atoms with Crippen LogP contribution in [0.25, 0.3) is 0 Å². The van der Waals surface area contributed by atoms with Gasteiger partial charge < -0.3 is 14.4 Å². The molecule has 1 aliphatic heterocycles. The number of halogens is 1. The zero-order valence-corrected chi connectivity index (χ0v) is 26.9. The molecule has 1 saturated heterocycles. The number of hydrogen-bond donors (Lipinski definition) is 0. The van der Waals surface area contributed by atoms with Crippen LogP contribution in [0.5, 0.6) is 5.75 Å². The molecular weight excluding hydrogens is 658 g/mol. The van der Waals surface area contributed by atoms with Crippen LogP contribution in [0.2, 0.25) is 0 Å². The number of carbonyl (C=O) groups is 2. The van der Waals surface area contributed by atoms with Gasteiger partial charge in [-0.25, -0.2) is 9.59 Å². The molecule has 0 aromatic heterocycles. The van der Waals surface area contributed by atoms with Crippen LogP contribution in [0.3, 0.4) is 0 Å². The molecule has 44 heavy (non-hydrogen) atoms. The molecule has 12 nitrogen and oxygen atoms in total. The van der Waals surface area contributed by atoms with E-state index in [1.54, 1.807) is 57.2 Å². The van der Waals surface area contributed by atoms with E-state index in [-0.39, 0.29) is 35.8 Å². The molecule has 0 unspecified atom stereocenters. The van der Waals surface area contributed by atoms with Gasteiger partial charge in [-0.2, -0.15) is 8.42 Å². The summed E-state index contributed by atoms with van der Waals surface area (Å²) in [7, 11) is -4.16. The molecule has 3 aromatic rings. The molecule has 0 bridgehead atoms. The first-order chi connectivity index (χ1) is 20.6. The van der Waals surface area contributed by atoms with Crippen molar-refractivity contribution in [2.24, 2.45) is 0 Å². The molecule has 1 fully saturated rings. The normalized spacial score (nSPS) is 16.8. The second-order valence-electron chi connectivity index (χ2n) is 11.2. The second-order valence-corrected chi connectivity index (χ2v) is 13.7. The zero-order chi connectivity index (χ0) is 32.2. The average molecular weight is 691 g/mol. The number of aryl methyl sites for hydroxylation is 1. The summed E-state index contributed by atoms with van der Waals surface area (Å²) in [4.78, 5) is 39.9. The van der Waals surface area contributed by atoms with Crippen LogP contribution in [0.15, 0.2) is 82.2 Å². The molecule has 2 atom stereocenters. The van der Waals surface area contributed by atoms with Gasteiger partial charge in [0.1, 0.15) is 11.4 Å². The van der Waals surface area contributed by atoms with E-state index in [1.165, 1.54) is 46.2 Å². The maximum Gasteiger partial charge on any atom is 0.419 e. The highest BCUT2D eigenvalue weighted by molar-refractivity contribution is 9.10.